The number of amides is 6. The molecule has 2 aromatic rings. The van der Waals surface area contributed by atoms with Crippen molar-refractivity contribution in [3.05, 3.63) is 57.9 Å². The van der Waals surface area contributed by atoms with Crippen molar-refractivity contribution in [1.29, 1.82) is 0 Å². The second kappa shape index (κ2) is 16.4. The van der Waals surface area contributed by atoms with Crippen molar-refractivity contribution in [1.82, 2.24) is 41.0 Å². The number of thioether (sulfide) groups is 2. The Morgan fingerprint density at radius 1 is 1.13 bits per heavy atom. The number of piperazine rings is 1. The summed E-state index contributed by atoms with van der Waals surface area (Å²) in [5, 5.41) is 35.7. The first kappa shape index (κ1) is 38.4. The largest absolute Gasteiger partial charge is 1.00 e. The SMILES string of the molecule is CCN1CCN(C(=O)NC(C(=O)N[C@]2(N[O-])C(=O)N3C(C(=O)[O-])=C(CSc4nncs4)CS[C@H]32)c2ccccc2)C(=O)C1=O.[Na+].[Na+]. The van der Waals surface area contributed by atoms with E-state index in [-0.39, 0.29) is 95.8 Å². The average Bonchev–Trinajstić information content (AvgIpc) is 3.56. The van der Waals surface area contributed by atoms with E-state index in [9.17, 15) is 39.1 Å². The molecule has 4 heterocycles. The Balaban J connectivity index is 0.00000288. The Labute approximate surface area is 319 Å². The van der Waals surface area contributed by atoms with Crippen LogP contribution in [0.3, 0.4) is 0 Å². The molecule has 46 heavy (non-hydrogen) atoms. The van der Waals surface area contributed by atoms with Crippen LogP contribution in [-0.2, 0) is 24.0 Å². The molecular weight excluding hydrogens is 683 g/mol. The molecule has 1 unspecified atom stereocenters. The molecule has 16 nitrogen and oxygen atoms in total. The first-order valence-electron chi connectivity index (χ1n) is 13.1. The summed E-state index contributed by atoms with van der Waals surface area (Å²) >= 11 is 3.54. The molecule has 3 aliphatic rings. The zero-order valence-corrected chi connectivity index (χ0v) is 31.3. The van der Waals surface area contributed by atoms with E-state index in [1.807, 2.05) is 0 Å². The van der Waals surface area contributed by atoms with Gasteiger partial charge in [0.1, 0.15) is 16.9 Å². The number of imide groups is 1. The molecule has 0 saturated carbocycles. The van der Waals surface area contributed by atoms with Crippen molar-refractivity contribution in [2.45, 2.75) is 28.3 Å². The van der Waals surface area contributed by atoms with Gasteiger partial charge in [0, 0.05) is 31.1 Å². The minimum absolute atomic E-state index is 0. The summed E-state index contributed by atoms with van der Waals surface area (Å²) in [6.45, 7) is 1.97. The van der Waals surface area contributed by atoms with Crippen LogP contribution in [-0.4, -0.2) is 103 Å². The van der Waals surface area contributed by atoms with Crippen molar-refractivity contribution in [2.75, 3.05) is 31.1 Å². The Kier molecular flexibility index (Phi) is 13.7. The molecule has 0 radical (unpaired) electrons. The van der Waals surface area contributed by atoms with Gasteiger partial charge in [0.05, 0.1) is 11.7 Å². The van der Waals surface area contributed by atoms with E-state index in [1.54, 1.807) is 30.6 Å². The van der Waals surface area contributed by atoms with Crippen LogP contribution < -0.4 is 80.3 Å². The number of fused-ring (bicyclic) bond motifs is 1. The van der Waals surface area contributed by atoms with Crippen molar-refractivity contribution in [3.8, 4) is 0 Å². The van der Waals surface area contributed by atoms with E-state index in [2.05, 4.69) is 20.8 Å². The molecule has 3 atom stereocenters. The maximum absolute atomic E-state index is 13.7. The zero-order valence-electron chi connectivity index (χ0n) is 24.9. The Morgan fingerprint density at radius 2 is 1.85 bits per heavy atom. The maximum Gasteiger partial charge on any atom is 1.00 e. The molecule has 5 rings (SSSR count). The number of carboxylic acids is 1. The molecule has 3 aliphatic heterocycles. The van der Waals surface area contributed by atoms with Gasteiger partial charge in [-0.2, -0.15) is 0 Å². The number of likely N-dealkylation sites (N-methyl/N-ethyl adjacent to an activating group) is 1. The molecule has 1 aromatic heterocycles. The van der Waals surface area contributed by atoms with Gasteiger partial charge in [-0.15, -0.1) is 22.0 Å². The zero-order chi connectivity index (χ0) is 31.6. The number of β-lactam (4-membered cyclic amide) rings is 1. The van der Waals surface area contributed by atoms with Gasteiger partial charge >= 0.3 is 77.0 Å². The normalized spacial score (nSPS) is 21.4. The van der Waals surface area contributed by atoms with E-state index in [0.717, 1.165) is 16.7 Å². The molecule has 0 bridgehead atoms. The first-order valence-corrected chi connectivity index (χ1v) is 16.0. The quantitative estimate of drug-likeness (QED) is 0.0523. The van der Waals surface area contributed by atoms with Gasteiger partial charge in [-0.3, -0.25) is 29.0 Å². The number of hydrogen-bond donors (Lipinski definition) is 3. The minimum atomic E-state index is -2.27. The van der Waals surface area contributed by atoms with E-state index < -0.39 is 58.4 Å². The van der Waals surface area contributed by atoms with Crippen LogP contribution in [0.2, 0.25) is 0 Å². The number of benzene rings is 1. The fourth-order valence-corrected chi connectivity index (χ4v) is 7.95. The van der Waals surface area contributed by atoms with Crippen LogP contribution in [0.5, 0.6) is 0 Å². The van der Waals surface area contributed by atoms with Gasteiger partial charge in [-0.25, -0.2) is 4.79 Å². The van der Waals surface area contributed by atoms with Crippen molar-refractivity contribution < 1.29 is 93.0 Å². The number of carboxylic acid groups (broad SMARTS) is 1. The van der Waals surface area contributed by atoms with Crippen LogP contribution >= 0.6 is 34.9 Å². The fourth-order valence-electron chi connectivity index (χ4n) is 4.91. The average molecular weight is 707 g/mol. The van der Waals surface area contributed by atoms with Crippen LogP contribution in [0.15, 0.2) is 51.5 Å². The number of aliphatic carboxylic acids is 1. The summed E-state index contributed by atoms with van der Waals surface area (Å²) in [5.74, 6) is -5.32. The Bertz CT molecular complexity index is 1540. The fraction of sp³-hybridized carbons (Fsp3) is 0.360. The number of hydrogen-bond acceptors (Lipinski definition) is 14. The molecule has 1 aromatic carbocycles. The molecule has 0 aliphatic carbocycles. The van der Waals surface area contributed by atoms with Gasteiger partial charge in [0.2, 0.25) is 5.91 Å². The minimum Gasteiger partial charge on any atom is -0.786 e. The van der Waals surface area contributed by atoms with E-state index in [1.165, 1.54) is 45.6 Å². The molecular formula is C25H24N8Na2O8S3. The topological polar surface area (TPSA) is 220 Å². The van der Waals surface area contributed by atoms with E-state index in [0.29, 0.717) is 14.8 Å². The third-order valence-corrected chi connectivity index (χ3v) is 10.5. The molecule has 232 valence electrons. The second-order valence-electron chi connectivity index (χ2n) is 9.61. The number of rotatable bonds is 10. The monoisotopic (exact) mass is 706 g/mol. The van der Waals surface area contributed by atoms with E-state index >= 15 is 0 Å². The summed E-state index contributed by atoms with van der Waals surface area (Å²) in [6.07, 6.45) is 0. The number of nitrogens with one attached hydrogen (secondary N) is 3. The standard InChI is InChI=1S/C25H25N8O8S3.2Na/c1-2-31-8-9-32(19(36)18(31)35)23(40)27-15(13-6-4-3-5-7-13)17(34)28-25(30-41)21(39)33-16(20(37)38)14(10-42-22(25)33)11-43-24-29-26-12-44-24;;/h3-7,12,15,22,30H,2,8-11H2,1H3,(H,27,40)(H,28,34)(H,37,38);;/q-1;2*+1/p-1/t15?,22-,25-;;/m0../s1. The predicted molar refractivity (Wildman–Crippen MR) is 155 cm³/mol. The molecule has 21 heteroatoms. The number of urea groups is 1. The number of hydroxylamine groups is 1. The number of aromatic nitrogens is 2. The van der Waals surface area contributed by atoms with Crippen molar-refractivity contribution in [3.63, 3.8) is 0 Å². The maximum atomic E-state index is 13.7. The van der Waals surface area contributed by atoms with Crippen LogP contribution in [0.25, 0.3) is 0 Å². The third kappa shape index (κ3) is 7.34. The summed E-state index contributed by atoms with van der Waals surface area (Å²) < 4.78 is 0.590. The Morgan fingerprint density at radius 3 is 2.46 bits per heavy atom. The van der Waals surface area contributed by atoms with Gasteiger partial charge in [-0.1, -0.05) is 53.4 Å². The molecule has 2 fully saturated rings. The van der Waals surface area contributed by atoms with Crippen molar-refractivity contribution >= 4 is 70.5 Å². The third-order valence-electron chi connectivity index (χ3n) is 7.14. The molecule has 0 spiro atoms. The van der Waals surface area contributed by atoms with Crippen LogP contribution in [0.1, 0.15) is 18.5 Å². The summed E-state index contributed by atoms with van der Waals surface area (Å²) in [6, 6.07) is 5.31. The van der Waals surface area contributed by atoms with Crippen LogP contribution in [0.4, 0.5) is 4.79 Å². The Hall–Kier alpha value is -2.04. The van der Waals surface area contributed by atoms with Crippen molar-refractivity contribution in [2.24, 2.45) is 0 Å². The molecule has 6 amide bonds. The predicted octanol–water partition coefficient (Wildman–Crippen LogP) is -7.40. The van der Waals surface area contributed by atoms with E-state index in [4.69, 9.17) is 0 Å². The summed E-state index contributed by atoms with van der Waals surface area (Å²) in [7, 11) is 0. The molecule has 3 N–H and O–H groups in total. The summed E-state index contributed by atoms with van der Waals surface area (Å²) in [5.41, 5.74) is 1.05. The van der Waals surface area contributed by atoms with Gasteiger partial charge < -0.3 is 36.1 Å². The van der Waals surface area contributed by atoms with Crippen LogP contribution in [0, 0.1) is 5.21 Å². The van der Waals surface area contributed by atoms with Gasteiger partial charge in [0.15, 0.2) is 10.0 Å². The molecule has 2 saturated heterocycles. The number of carbonyl (C=O) groups excluding carboxylic acids is 6. The van der Waals surface area contributed by atoms with Gasteiger partial charge in [0.25, 0.3) is 5.91 Å². The number of nitrogens with zero attached hydrogens (tertiary/aromatic N) is 5. The number of carbonyl (C=O) groups is 6. The second-order valence-corrected chi connectivity index (χ2v) is 12.7. The van der Waals surface area contributed by atoms with Gasteiger partial charge in [-0.05, 0) is 18.1 Å². The first-order chi connectivity index (χ1) is 21.1. The summed E-state index contributed by atoms with van der Waals surface area (Å²) in [4.78, 5) is 80.2. The smallest absolute Gasteiger partial charge is 0.786 e.